The summed E-state index contributed by atoms with van der Waals surface area (Å²) in [5.41, 5.74) is 6.03. The standard InChI is InChI=1S/C7H13NO2/c1-4(2)6(5(3)8)7(9)10/h4H,8H2,1-3H3,(H,9,10). The number of allylic oxidation sites excluding steroid dienone is 1. The monoisotopic (exact) mass is 143 g/mol. The van der Waals surface area contributed by atoms with Gasteiger partial charge in [0, 0.05) is 5.70 Å². The Balaban J connectivity index is 4.61. The molecule has 0 amide bonds. The van der Waals surface area contributed by atoms with Gasteiger partial charge in [-0.3, -0.25) is 0 Å². The number of hydrogen-bond donors (Lipinski definition) is 2. The largest absolute Gasteiger partial charge is 0.478 e. The molecular weight excluding hydrogens is 130 g/mol. The predicted molar refractivity (Wildman–Crippen MR) is 39.4 cm³/mol. The van der Waals surface area contributed by atoms with Crippen molar-refractivity contribution in [3.63, 3.8) is 0 Å². The number of rotatable bonds is 2. The summed E-state index contributed by atoms with van der Waals surface area (Å²) >= 11 is 0. The molecule has 58 valence electrons. The van der Waals surface area contributed by atoms with Gasteiger partial charge in [0.05, 0.1) is 5.57 Å². The molecular formula is C7H13NO2. The summed E-state index contributed by atoms with van der Waals surface area (Å²) in [7, 11) is 0. The van der Waals surface area contributed by atoms with E-state index in [1.807, 2.05) is 0 Å². The van der Waals surface area contributed by atoms with Crippen LogP contribution in [0.3, 0.4) is 0 Å². The summed E-state index contributed by atoms with van der Waals surface area (Å²) in [6.45, 7) is 5.21. The van der Waals surface area contributed by atoms with Crippen molar-refractivity contribution in [1.29, 1.82) is 0 Å². The molecule has 3 nitrogen and oxygen atoms in total. The SMILES string of the molecule is CC(N)=C(C(=O)O)C(C)C. The molecule has 0 rings (SSSR count). The number of carbonyl (C=O) groups is 1. The molecule has 0 atom stereocenters. The van der Waals surface area contributed by atoms with Crippen LogP contribution in [0, 0.1) is 5.92 Å². The van der Waals surface area contributed by atoms with Crippen molar-refractivity contribution in [2.75, 3.05) is 0 Å². The minimum absolute atomic E-state index is 0.0116. The summed E-state index contributed by atoms with van der Waals surface area (Å²) in [6, 6.07) is 0. The van der Waals surface area contributed by atoms with Gasteiger partial charge in [0.2, 0.25) is 0 Å². The topological polar surface area (TPSA) is 63.3 Å². The molecule has 0 aliphatic rings. The van der Waals surface area contributed by atoms with E-state index < -0.39 is 5.97 Å². The normalized spacial score (nSPS) is 13.2. The van der Waals surface area contributed by atoms with Crippen LogP contribution in [-0.2, 0) is 4.79 Å². The van der Waals surface area contributed by atoms with Gasteiger partial charge in [-0.2, -0.15) is 0 Å². The fourth-order valence-corrected chi connectivity index (χ4v) is 0.871. The Labute approximate surface area is 60.5 Å². The highest BCUT2D eigenvalue weighted by molar-refractivity contribution is 5.87. The Morgan fingerprint density at radius 1 is 1.50 bits per heavy atom. The van der Waals surface area contributed by atoms with E-state index in [-0.39, 0.29) is 5.92 Å². The summed E-state index contributed by atoms with van der Waals surface area (Å²) in [5.74, 6) is -0.933. The first-order valence-electron chi connectivity index (χ1n) is 3.16. The van der Waals surface area contributed by atoms with E-state index in [9.17, 15) is 4.79 Å². The Morgan fingerprint density at radius 2 is 1.90 bits per heavy atom. The van der Waals surface area contributed by atoms with Crippen molar-refractivity contribution in [3.8, 4) is 0 Å². The van der Waals surface area contributed by atoms with Gasteiger partial charge in [-0.05, 0) is 12.8 Å². The van der Waals surface area contributed by atoms with Crippen molar-refractivity contribution in [2.45, 2.75) is 20.8 Å². The number of aliphatic carboxylic acids is 1. The molecule has 0 bridgehead atoms. The van der Waals surface area contributed by atoms with E-state index >= 15 is 0 Å². The Morgan fingerprint density at radius 3 is 1.90 bits per heavy atom. The molecule has 0 spiro atoms. The van der Waals surface area contributed by atoms with Crippen molar-refractivity contribution < 1.29 is 9.90 Å². The third kappa shape index (κ3) is 2.09. The quantitative estimate of drug-likeness (QED) is 0.566. The van der Waals surface area contributed by atoms with Crippen molar-refractivity contribution in [3.05, 3.63) is 11.3 Å². The van der Waals surface area contributed by atoms with Crippen LogP contribution in [-0.4, -0.2) is 11.1 Å². The van der Waals surface area contributed by atoms with Crippen LogP contribution in [0.25, 0.3) is 0 Å². The van der Waals surface area contributed by atoms with Crippen molar-refractivity contribution in [2.24, 2.45) is 11.7 Å². The second-order valence-corrected chi connectivity index (χ2v) is 2.56. The minimum atomic E-state index is -0.921. The average molecular weight is 143 g/mol. The van der Waals surface area contributed by atoms with E-state index in [0.29, 0.717) is 11.3 Å². The predicted octanol–water partition coefficient (Wildman–Crippen LogP) is 0.960. The van der Waals surface area contributed by atoms with Crippen LogP contribution < -0.4 is 5.73 Å². The lowest BCUT2D eigenvalue weighted by Crippen LogP contribution is -2.13. The maximum atomic E-state index is 10.4. The molecule has 0 aromatic heterocycles. The second-order valence-electron chi connectivity index (χ2n) is 2.56. The highest BCUT2D eigenvalue weighted by atomic mass is 16.4. The highest BCUT2D eigenvalue weighted by Gasteiger charge is 2.13. The molecule has 0 saturated heterocycles. The molecule has 0 aliphatic carbocycles. The highest BCUT2D eigenvalue weighted by Crippen LogP contribution is 2.11. The first-order chi connectivity index (χ1) is 4.46. The third-order valence-electron chi connectivity index (χ3n) is 1.23. The molecule has 0 aliphatic heterocycles. The van der Waals surface area contributed by atoms with Gasteiger partial charge in [-0.25, -0.2) is 4.79 Å². The zero-order valence-electron chi connectivity index (χ0n) is 6.51. The van der Waals surface area contributed by atoms with Gasteiger partial charge < -0.3 is 10.8 Å². The number of hydrogen-bond acceptors (Lipinski definition) is 2. The minimum Gasteiger partial charge on any atom is -0.478 e. The maximum Gasteiger partial charge on any atom is 0.333 e. The number of carboxylic acid groups (broad SMARTS) is 1. The van der Waals surface area contributed by atoms with Crippen LogP contribution in [0.1, 0.15) is 20.8 Å². The summed E-state index contributed by atoms with van der Waals surface area (Å²) in [6.07, 6.45) is 0. The van der Waals surface area contributed by atoms with E-state index in [1.54, 1.807) is 20.8 Å². The molecule has 0 aromatic rings. The van der Waals surface area contributed by atoms with E-state index in [2.05, 4.69) is 0 Å². The first-order valence-corrected chi connectivity index (χ1v) is 3.16. The van der Waals surface area contributed by atoms with Crippen molar-refractivity contribution in [1.82, 2.24) is 0 Å². The third-order valence-corrected chi connectivity index (χ3v) is 1.23. The summed E-state index contributed by atoms with van der Waals surface area (Å²) < 4.78 is 0. The van der Waals surface area contributed by atoms with Gasteiger partial charge in [0.15, 0.2) is 0 Å². The molecule has 3 heteroatoms. The Bertz CT molecular complexity index is 166. The Kier molecular flexibility index (Phi) is 2.93. The van der Waals surface area contributed by atoms with E-state index in [4.69, 9.17) is 10.8 Å². The van der Waals surface area contributed by atoms with Crippen LogP contribution in [0.2, 0.25) is 0 Å². The van der Waals surface area contributed by atoms with E-state index in [0.717, 1.165) is 0 Å². The smallest absolute Gasteiger partial charge is 0.333 e. The van der Waals surface area contributed by atoms with E-state index in [1.165, 1.54) is 0 Å². The van der Waals surface area contributed by atoms with Crippen LogP contribution in [0.4, 0.5) is 0 Å². The molecule has 0 radical (unpaired) electrons. The number of nitrogens with two attached hydrogens (primary N) is 1. The van der Waals surface area contributed by atoms with Gasteiger partial charge in [0.25, 0.3) is 0 Å². The van der Waals surface area contributed by atoms with Gasteiger partial charge in [0.1, 0.15) is 0 Å². The molecule has 0 heterocycles. The summed E-state index contributed by atoms with van der Waals surface area (Å²) in [4.78, 5) is 10.4. The summed E-state index contributed by atoms with van der Waals surface area (Å²) in [5, 5.41) is 8.58. The molecule has 0 aromatic carbocycles. The number of carboxylic acids is 1. The molecule has 3 N–H and O–H groups in total. The van der Waals surface area contributed by atoms with Crippen LogP contribution >= 0.6 is 0 Å². The van der Waals surface area contributed by atoms with Gasteiger partial charge in [-0.15, -0.1) is 0 Å². The molecule has 0 unspecified atom stereocenters. The second kappa shape index (κ2) is 3.25. The van der Waals surface area contributed by atoms with Crippen molar-refractivity contribution >= 4 is 5.97 Å². The van der Waals surface area contributed by atoms with Gasteiger partial charge in [-0.1, -0.05) is 13.8 Å². The lowest BCUT2D eigenvalue weighted by Gasteiger charge is -2.06. The maximum absolute atomic E-state index is 10.4. The zero-order valence-corrected chi connectivity index (χ0v) is 6.51. The van der Waals surface area contributed by atoms with Gasteiger partial charge >= 0.3 is 5.97 Å². The molecule has 0 saturated carbocycles. The van der Waals surface area contributed by atoms with Crippen LogP contribution in [0.5, 0.6) is 0 Å². The first kappa shape index (κ1) is 9.01. The van der Waals surface area contributed by atoms with Crippen LogP contribution in [0.15, 0.2) is 11.3 Å². The fourth-order valence-electron chi connectivity index (χ4n) is 0.871. The average Bonchev–Trinajstić information content (AvgIpc) is 1.59. The lowest BCUT2D eigenvalue weighted by atomic mass is 10.0. The molecule has 10 heavy (non-hydrogen) atoms. The zero-order chi connectivity index (χ0) is 8.31. The lowest BCUT2D eigenvalue weighted by molar-refractivity contribution is -0.133. The molecule has 0 fully saturated rings. The fraction of sp³-hybridized carbons (Fsp3) is 0.571. The Hall–Kier alpha value is -0.990.